The third-order valence-corrected chi connectivity index (χ3v) is 2.76. The van der Waals surface area contributed by atoms with Crippen molar-refractivity contribution in [3.63, 3.8) is 0 Å². The molecule has 0 saturated carbocycles. The number of fused-ring (bicyclic) bond motifs is 1. The minimum atomic E-state index is -0.299. The van der Waals surface area contributed by atoms with Gasteiger partial charge < -0.3 is 9.15 Å². The normalized spacial score (nSPS) is 10.7. The molecule has 0 amide bonds. The summed E-state index contributed by atoms with van der Waals surface area (Å²) in [4.78, 5) is 0. The van der Waals surface area contributed by atoms with Crippen LogP contribution in [0.2, 0.25) is 0 Å². The Hall–Kier alpha value is -2.29. The summed E-state index contributed by atoms with van der Waals surface area (Å²) in [5, 5.41) is 0.882. The van der Waals surface area contributed by atoms with E-state index in [1.54, 1.807) is 12.3 Å². The molecular formula is C15H11FO2. The van der Waals surface area contributed by atoms with Crippen LogP contribution in [-0.4, -0.2) is 0 Å². The molecule has 3 heteroatoms. The third-order valence-electron chi connectivity index (χ3n) is 2.76. The molecule has 2 nitrogen and oxygen atoms in total. The van der Waals surface area contributed by atoms with Crippen LogP contribution < -0.4 is 4.74 Å². The molecular weight excluding hydrogens is 231 g/mol. The lowest BCUT2D eigenvalue weighted by Crippen LogP contribution is -1.93. The van der Waals surface area contributed by atoms with E-state index in [4.69, 9.17) is 9.15 Å². The van der Waals surface area contributed by atoms with Gasteiger partial charge in [-0.3, -0.25) is 0 Å². The largest absolute Gasteiger partial charge is 0.489 e. The molecule has 0 aliphatic heterocycles. The molecule has 0 bridgehead atoms. The van der Waals surface area contributed by atoms with Crippen LogP contribution in [0.25, 0.3) is 11.0 Å². The summed E-state index contributed by atoms with van der Waals surface area (Å²) < 4.78 is 23.9. The van der Waals surface area contributed by atoms with Crippen molar-refractivity contribution in [1.29, 1.82) is 0 Å². The van der Waals surface area contributed by atoms with Crippen molar-refractivity contribution in [3.05, 3.63) is 66.2 Å². The molecule has 0 aliphatic carbocycles. The molecule has 0 radical (unpaired) electrons. The quantitative estimate of drug-likeness (QED) is 0.688. The Balaban J connectivity index is 1.83. The van der Waals surface area contributed by atoms with Crippen molar-refractivity contribution in [3.8, 4) is 5.75 Å². The smallest absolute Gasteiger partial charge is 0.137 e. The molecule has 0 saturated heterocycles. The summed E-state index contributed by atoms with van der Waals surface area (Å²) in [5.74, 6) is 0.501. The highest BCUT2D eigenvalue weighted by Crippen LogP contribution is 2.23. The number of benzene rings is 2. The van der Waals surface area contributed by atoms with E-state index in [2.05, 4.69) is 0 Å². The monoisotopic (exact) mass is 242 g/mol. The van der Waals surface area contributed by atoms with E-state index in [0.29, 0.717) is 12.2 Å². The fraction of sp³-hybridized carbons (Fsp3) is 0.0667. The van der Waals surface area contributed by atoms with E-state index >= 15 is 0 Å². The molecule has 90 valence electrons. The number of ether oxygens (including phenoxy) is 1. The first-order valence-electron chi connectivity index (χ1n) is 5.66. The summed E-state index contributed by atoms with van der Waals surface area (Å²) in [6, 6.07) is 14.0. The summed E-state index contributed by atoms with van der Waals surface area (Å²) in [7, 11) is 0. The van der Waals surface area contributed by atoms with Gasteiger partial charge in [-0.05, 0) is 24.3 Å². The van der Waals surface area contributed by atoms with E-state index in [-0.39, 0.29) is 5.82 Å². The van der Waals surface area contributed by atoms with E-state index in [9.17, 15) is 4.39 Å². The molecule has 0 N–H and O–H groups in total. The summed E-state index contributed by atoms with van der Waals surface area (Å²) >= 11 is 0. The molecule has 0 aliphatic rings. The van der Waals surface area contributed by atoms with Gasteiger partial charge in [-0.25, -0.2) is 4.39 Å². The van der Waals surface area contributed by atoms with Crippen molar-refractivity contribution in [1.82, 2.24) is 0 Å². The second-order valence-corrected chi connectivity index (χ2v) is 4.00. The molecule has 3 aromatic rings. The minimum Gasteiger partial charge on any atom is -0.489 e. The van der Waals surface area contributed by atoms with Crippen molar-refractivity contribution in [2.45, 2.75) is 6.61 Å². The van der Waals surface area contributed by atoms with Crippen LogP contribution in [0, 0.1) is 5.82 Å². The van der Waals surface area contributed by atoms with Gasteiger partial charge in [0.25, 0.3) is 0 Å². The highest BCUT2D eigenvalue weighted by atomic mass is 19.1. The summed E-state index contributed by atoms with van der Waals surface area (Å²) in [6.07, 6.45) is 1.60. The van der Waals surface area contributed by atoms with Gasteiger partial charge in [0.2, 0.25) is 0 Å². The van der Waals surface area contributed by atoms with Crippen molar-refractivity contribution in [2.75, 3.05) is 0 Å². The van der Waals surface area contributed by atoms with Gasteiger partial charge >= 0.3 is 0 Å². The number of hydrogen-bond acceptors (Lipinski definition) is 2. The van der Waals surface area contributed by atoms with Crippen LogP contribution in [0.4, 0.5) is 4.39 Å². The number of furan rings is 1. The molecule has 0 unspecified atom stereocenters. The summed E-state index contributed by atoms with van der Waals surface area (Å²) in [6.45, 7) is 0.405. The predicted octanol–water partition coefficient (Wildman–Crippen LogP) is 4.15. The van der Waals surface area contributed by atoms with Crippen LogP contribution in [0.1, 0.15) is 5.56 Å². The first-order chi connectivity index (χ1) is 8.83. The van der Waals surface area contributed by atoms with Gasteiger partial charge in [0.15, 0.2) is 0 Å². The Labute approximate surface area is 104 Å². The van der Waals surface area contributed by atoms with Gasteiger partial charge in [-0.1, -0.05) is 18.2 Å². The van der Waals surface area contributed by atoms with Crippen molar-refractivity contribution >= 4 is 11.0 Å². The Morgan fingerprint density at radius 2 is 1.89 bits per heavy atom. The van der Waals surface area contributed by atoms with Crippen LogP contribution >= 0.6 is 0 Å². The van der Waals surface area contributed by atoms with Crippen molar-refractivity contribution < 1.29 is 13.5 Å². The zero-order chi connectivity index (χ0) is 12.4. The van der Waals surface area contributed by atoms with E-state index in [1.807, 2.05) is 30.3 Å². The average molecular weight is 242 g/mol. The van der Waals surface area contributed by atoms with Crippen LogP contribution in [-0.2, 0) is 6.61 Å². The molecule has 3 rings (SSSR count). The second-order valence-electron chi connectivity index (χ2n) is 4.00. The molecule has 1 heterocycles. The van der Waals surface area contributed by atoms with Gasteiger partial charge in [0.1, 0.15) is 23.8 Å². The molecule has 0 spiro atoms. The standard InChI is InChI=1S/C15H11FO2/c16-12-6-7-14-11(10-18-15(14)8-12)9-17-13-4-2-1-3-5-13/h1-8,10H,9H2. The first kappa shape index (κ1) is 10.8. The predicted molar refractivity (Wildman–Crippen MR) is 66.9 cm³/mol. The topological polar surface area (TPSA) is 22.4 Å². The van der Waals surface area contributed by atoms with E-state index in [0.717, 1.165) is 16.7 Å². The lowest BCUT2D eigenvalue weighted by molar-refractivity contribution is 0.306. The van der Waals surface area contributed by atoms with Gasteiger partial charge in [-0.2, -0.15) is 0 Å². The molecule has 0 fully saturated rings. The fourth-order valence-electron chi connectivity index (χ4n) is 1.85. The molecule has 2 aromatic carbocycles. The van der Waals surface area contributed by atoms with Crippen LogP contribution in [0.3, 0.4) is 0 Å². The lowest BCUT2D eigenvalue weighted by Gasteiger charge is -2.03. The highest BCUT2D eigenvalue weighted by molar-refractivity contribution is 5.80. The second kappa shape index (κ2) is 4.53. The Bertz CT molecular complexity index is 659. The average Bonchev–Trinajstić information content (AvgIpc) is 2.80. The van der Waals surface area contributed by atoms with Gasteiger partial charge in [0, 0.05) is 17.0 Å². The molecule has 18 heavy (non-hydrogen) atoms. The maximum absolute atomic E-state index is 13.0. The SMILES string of the molecule is Fc1ccc2c(COc3ccccc3)coc2c1. The lowest BCUT2D eigenvalue weighted by atomic mass is 10.2. The van der Waals surface area contributed by atoms with Gasteiger partial charge in [0.05, 0.1) is 6.26 Å². The van der Waals surface area contributed by atoms with E-state index in [1.165, 1.54) is 12.1 Å². The molecule has 0 atom stereocenters. The van der Waals surface area contributed by atoms with Gasteiger partial charge in [-0.15, -0.1) is 0 Å². The van der Waals surface area contributed by atoms with Crippen LogP contribution in [0.15, 0.2) is 59.2 Å². The highest BCUT2D eigenvalue weighted by Gasteiger charge is 2.07. The fourth-order valence-corrected chi connectivity index (χ4v) is 1.85. The number of para-hydroxylation sites is 1. The third kappa shape index (κ3) is 2.07. The zero-order valence-corrected chi connectivity index (χ0v) is 9.60. The maximum atomic E-state index is 13.0. The number of rotatable bonds is 3. The Kier molecular flexibility index (Phi) is 2.73. The Morgan fingerprint density at radius 1 is 1.06 bits per heavy atom. The number of hydrogen-bond donors (Lipinski definition) is 0. The molecule has 1 aromatic heterocycles. The zero-order valence-electron chi connectivity index (χ0n) is 9.60. The maximum Gasteiger partial charge on any atom is 0.137 e. The Morgan fingerprint density at radius 3 is 2.72 bits per heavy atom. The van der Waals surface area contributed by atoms with Crippen LogP contribution in [0.5, 0.6) is 5.75 Å². The van der Waals surface area contributed by atoms with Crippen molar-refractivity contribution in [2.24, 2.45) is 0 Å². The number of halogens is 1. The summed E-state index contributed by atoms with van der Waals surface area (Å²) in [5.41, 5.74) is 1.45. The first-order valence-corrected chi connectivity index (χ1v) is 5.66. The van der Waals surface area contributed by atoms with E-state index < -0.39 is 0 Å². The minimum absolute atomic E-state index is 0.299.